The first-order chi connectivity index (χ1) is 19.1. The van der Waals surface area contributed by atoms with Crippen molar-refractivity contribution in [1.29, 1.82) is 0 Å². The molecule has 0 fully saturated rings. The fourth-order valence-electron chi connectivity index (χ4n) is 6.51. The highest BCUT2D eigenvalue weighted by Crippen LogP contribution is 2.44. The molecule has 0 aliphatic heterocycles. The van der Waals surface area contributed by atoms with Crippen molar-refractivity contribution in [3.05, 3.63) is 96.1 Å². The first-order valence-corrected chi connectivity index (χ1v) is 13.8. The van der Waals surface area contributed by atoms with Crippen molar-refractivity contribution in [2.45, 2.75) is 34.1 Å². The Labute approximate surface area is 232 Å². The van der Waals surface area contributed by atoms with E-state index in [0.717, 1.165) is 61.5 Å². The average molecular weight is 531 g/mol. The van der Waals surface area contributed by atoms with Crippen molar-refractivity contribution in [3.8, 4) is 17.1 Å². The third-order valence-corrected chi connectivity index (χ3v) is 8.05. The van der Waals surface area contributed by atoms with Crippen LogP contribution in [0.2, 0.25) is 0 Å². The third-order valence-electron chi connectivity index (χ3n) is 8.05. The molecule has 0 bridgehead atoms. The normalized spacial score (nSPS) is 12.5. The average Bonchev–Trinajstić information content (AvgIpc) is 3.56. The molecule has 3 aromatic heterocycles. The molecule has 0 aliphatic carbocycles. The van der Waals surface area contributed by atoms with Gasteiger partial charge in [0, 0.05) is 21.5 Å². The molecule has 7 rings (SSSR count). The fraction of sp³-hybridized carbons (Fsp3) is 0.229. The van der Waals surface area contributed by atoms with E-state index in [9.17, 15) is 0 Å². The molecule has 0 amide bonds. The van der Waals surface area contributed by atoms with Gasteiger partial charge in [0.15, 0.2) is 17.0 Å². The first kappa shape index (κ1) is 24.6. The summed E-state index contributed by atoms with van der Waals surface area (Å²) in [4.78, 5) is 0. The van der Waals surface area contributed by atoms with E-state index in [-0.39, 0.29) is 11.2 Å². The molecular formula is C35H33FN3O+. The van der Waals surface area contributed by atoms with Crippen molar-refractivity contribution in [1.82, 2.24) is 9.13 Å². The first-order valence-electron chi connectivity index (χ1n) is 13.8. The molecule has 4 aromatic carbocycles. The van der Waals surface area contributed by atoms with Gasteiger partial charge in [-0.1, -0.05) is 63.2 Å². The Morgan fingerprint density at radius 2 is 1.52 bits per heavy atom. The van der Waals surface area contributed by atoms with Crippen molar-refractivity contribution in [2.75, 3.05) is 0 Å². The number of fused-ring (bicyclic) bond motifs is 6. The van der Waals surface area contributed by atoms with Crippen LogP contribution in [0.4, 0.5) is 4.39 Å². The summed E-state index contributed by atoms with van der Waals surface area (Å²) in [5, 5.41) is 4.18. The van der Waals surface area contributed by atoms with Crippen LogP contribution in [0, 0.1) is 18.2 Å². The van der Waals surface area contributed by atoms with E-state index in [2.05, 4.69) is 93.7 Å². The zero-order valence-electron chi connectivity index (χ0n) is 23.8. The predicted molar refractivity (Wildman–Crippen MR) is 161 cm³/mol. The molecule has 0 saturated carbocycles. The maximum Gasteiger partial charge on any atom is 0.292 e. The molecule has 200 valence electrons. The summed E-state index contributed by atoms with van der Waals surface area (Å²) >= 11 is 0. The Hall–Kier alpha value is -4.38. The number of imidazole rings is 1. The second-order valence-corrected chi connectivity index (χ2v) is 12.3. The number of nitrogens with zero attached hydrogens (tertiary/aromatic N) is 3. The van der Waals surface area contributed by atoms with E-state index >= 15 is 4.39 Å². The summed E-state index contributed by atoms with van der Waals surface area (Å²) < 4.78 is 29.3. The van der Waals surface area contributed by atoms with Crippen molar-refractivity contribution in [2.24, 2.45) is 19.5 Å². The maximum atomic E-state index is 16.1. The molecule has 0 radical (unpaired) electrons. The van der Waals surface area contributed by atoms with Gasteiger partial charge >= 0.3 is 0 Å². The maximum absolute atomic E-state index is 16.1. The van der Waals surface area contributed by atoms with Gasteiger partial charge in [-0.15, -0.1) is 0 Å². The minimum atomic E-state index is -0.307. The fourth-order valence-corrected chi connectivity index (χ4v) is 6.51. The molecule has 5 heteroatoms. The van der Waals surface area contributed by atoms with Gasteiger partial charge in [-0.05, 0) is 54.2 Å². The number of rotatable bonds is 3. The molecule has 0 aliphatic rings. The van der Waals surface area contributed by atoms with Gasteiger partial charge in [0.2, 0.25) is 0 Å². The van der Waals surface area contributed by atoms with Crippen LogP contribution in [0.1, 0.15) is 31.9 Å². The molecule has 4 nitrogen and oxygen atoms in total. The van der Waals surface area contributed by atoms with Crippen LogP contribution in [0.15, 0.2) is 83.5 Å². The number of furan rings is 1. The summed E-state index contributed by atoms with van der Waals surface area (Å²) in [6, 6.07) is 22.2. The number of hydrogen-bond donors (Lipinski definition) is 0. The van der Waals surface area contributed by atoms with E-state index < -0.39 is 0 Å². The quantitative estimate of drug-likeness (QED) is 0.210. The molecule has 0 saturated heterocycles. The van der Waals surface area contributed by atoms with Gasteiger partial charge in [0.05, 0.1) is 25.1 Å². The van der Waals surface area contributed by atoms with Crippen LogP contribution >= 0.6 is 0 Å². The highest BCUT2D eigenvalue weighted by Gasteiger charge is 2.29. The molecule has 0 unspecified atom stereocenters. The summed E-state index contributed by atoms with van der Waals surface area (Å²) in [5.74, 6) is 0.737. The Morgan fingerprint density at radius 3 is 2.12 bits per heavy atom. The number of aryl methyl sites for hydroxylation is 3. The zero-order chi connectivity index (χ0) is 27.9. The van der Waals surface area contributed by atoms with Crippen molar-refractivity contribution in [3.63, 3.8) is 0 Å². The second kappa shape index (κ2) is 8.56. The van der Waals surface area contributed by atoms with Crippen LogP contribution in [0.25, 0.3) is 60.8 Å². The minimum Gasteiger partial charge on any atom is -0.453 e. The van der Waals surface area contributed by atoms with Gasteiger partial charge in [0.1, 0.15) is 23.6 Å². The molecule has 0 atom stereocenters. The molecule has 0 N–H and O–H groups in total. The van der Waals surface area contributed by atoms with Crippen LogP contribution in [0.3, 0.4) is 0 Å². The van der Waals surface area contributed by atoms with E-state index in [4.69, 9.17) is 4.42 Å². The lowest BCUT2D eigenvalue weighted by atomic mass is 9.85. The van der Waals surface area contributed by atoms with Crippen LogP contribution in [0.5, 0.6) is 0 Å². The zero-order valence-corrected chi connectivity index (χ0v) is 23.8. The SMILES string of the molecule is Cc1cc(CC(C)(C)C)c2c(oc3c(-n4c5ccccc5c5ccccc54)c(F)ccc32)c1-c1n(C)cc[n+]1C. The van der Waals surface area contributed by atoms with Crippen LogP contribution < -0.4 is 4.57 Å². The topological polar surface area (TPSA) is 26.9 Å². The van der Waals surface area contributed by atoms with Gasteiger partial charge in [-0.3, -0.25) is 0 Å². The smallest absolute Gasteiger partial charge is 0.292 e. The van der Waals surface area contributed by atoms with E-state index in [1.165, 1.54) is 5.56 Å². The summed E-state index contributed by atoms with van der Waals surface area (Å²) in [5.41, 5.74) is 7.20. The van der Waals surface area contributed by atoms with Crippen LogP contribution in [-0.4, -0.2) is 9.13 Å². The van der Waals surface area contributed by atoms with Gasteiger partial charge in [-0.25, -0.2) is 13.5 Å². The molecule has 0 spiro atoms. The number of hydrogen-bond acceptors (Lipinski definition) is 1. The summed E-state index contributed by atoms with van der Waals surface area (Å²) in [6.45, 7) is 8.91. The lowest BCUT2D eigenvalue weighted by molar-refractivity contribution is -0.659. The lowest BCUT2D eigenvalue weighted by Crippen LogP contribution is -2.29. The molecule has 3 heterocycles. The van der Waals surface area contributed by atoms with E-state index in [1.54, 1.807) is 6.07 Å². The minimum absolute atomic E-state index is 0.0653. The van der Waals surface area contributed by atoms with Crippen molar-refractivity contribution < 1.29 is 13.4 Å². The lowest BCUT2D eigenvalue weighted by Gasteiger charge is -2.20. The van der Waals surface area contributed by atoms with Crippen molar-refractivity contribution >= 4 is 43.7 Å². The number of benzene rings is 4. The molecular weight excluding hydrogens is 497 g/mol. The Bertz CT molecular complexity index is 2040. The van der Waals surface area contributed by atoms with Gasteiger partial charge in [0.25, 0.3) is 5.82 Å². The highest BCUT2D eigenvalue weighted by atomic mass is 19.1. The Kier molecular flexibility index (Phi) is 5.27. The monoisotopic (exact) mass is 530 g/mol. The summed E-state index contributed by atoms with van der Waals surface area (Å²) in [6.07, 6.45) is 4.98. The highest BCUT2D eigenvalue weighted by molar-refractivity contribution is 6.15. The molecule has 40 heavy (non-hydrogen) atoms. The predicted octanol–water partition coefficient (Wildman–Crippen LogP) is 8.55. The number of para-hydroxylation sites is 2. The molecule has 7 aromatic rings. The van der Waals surface area contributed by atoms with Crippen LogP contribution in [-0.2, 0) is 20.5 Å². The van der Waals surface area contributed by atoms with Gasteiger partial charge in [-0.2, -0.15) is 0 Å². The van der Waals surface area contributed by atoms with E-state index in [1.807, 2.05) is 34.9 Å². The third kappa shape index (κ3) is 3.53. The Balaban J connectivity index is 1.68. The number of halogens is 1. The summed E-state index contributed by atoms with van der Waals surface area (Å²) in [7, 11) is 4.10. The van der Waals surface area contributed by atoms with E-state index in [0.29, 0.717) is 11.3 Å². The van der Waals surface area contributed by atoms with Gasteiger partial charge < -0.3 is 8.98 Å². The number of aromatic nitrogens is 3. The Morgan fingerprint density at radius 1 is 0.875 bits per heavy atom. The largest absolute Gasteiger partial charge is 0.453 e. The second-order valence-electron chi connectivity index (χ2n) is 12.3. The standard InChI is InChI=1S/C35H33FN3O/c1-21-19-22(20-35(2,3)4)30-25-15-16-26(36)31(32(25)40-33(30)29(21)34-37(5)17-18-38(34)6)39-27-13-9-7-11-23(27)24-12-8-10-14-28(24)39/h7-19H,20H2,1-6H3/q+1.